The molecule has 0 unspecified atom stereocenters. The van der Waals surface area contributed by atoms with E-state index in [2.05, 4.69) is 9.97 Å². The van der Waals surface area contributed by atoms with Crippen LogP contribution in [-0.2, 0) is 0 Å². The first-order chi connectivity index (χ1) is 13.6. The predicted octanol–water partition coefficient (Wildman–Crippen LogP) is 2.65. The van der Waals surface area contributed by atoms with Crippen molar-refractivity contribution in [1.29, 1.82) is 0 Å². The number of rotatable bonds is 5. The van der Waals surface area contributed by atoms with E-state index >= 15 is 0 Å². The quantitative estimate of drug-likeness (QED) is 0.705. The number of benzene rings is 1. The van der Waals surface area contributed by atoms with E-state index < -0.39 is 11.6 Å². The second-order valence-corrected chi connectivity index (χ2v) is 6.99. The van der Waals surface area contributed by atoms with Crippen LogP contribution in [0.3, 0.4) is 0 Å². The highest BCUT2D eigenvalue weighted by atomic mass is 16.5. The first-order valence-electron chi connectivity index (χ1n) is 9.64. The monoisotopic (exact) mass is 381 g/mol. The van der Waals surface area contributed by atoms with Gasteiger partial charge in [-0.25, -0.2) is 19.3 Å². The molecule has 1 aliphatic rings. The maximum atomic E-state index is 12.8. The maximum absolute atomic E-state index is 12.8. The van der Waals surface area contributed by atoms with Crippen molar-refractivity contribution < 1.29 is 9.53 Å². The first-order valence-corrected chi connectivity index (χ1v) is 9.64. The smallest absolute Gasteiger partial charge is 0.332 e. The Morgan fingerprint density at radius 3 is 2.71 bits per heavy atom. The van der Waals surface area contributed by atoms with Gasteiger partial charge in [-0.2, -0.15) is 0 Å². The molecule has 0 spiro atoms. The standard InChI is InChI=1S/C20H23N5O3/c1-2-28-14-11-7-6-10-13(14)25-19-16(23-20(25)27)15(17(21)26)22-18(24-19)12-8-4-3-5-9-12/h6-7,10-12H,2-5,8-9H2,1H3,(H2,21,26)(H,23,27). The Hall–Kier alpha value is -3.16. The van der Waals surface area contributed by atoms with E-state index in [4.69, 9.17) is 15.5 Å². The van der Waals surface area contributed by atoms with E-state index in [-0.39, 0.29) is 17.1 Å². The number of imidazole rings is 1. The molecule has 0 aliphatic heterocycles. The lowest BCUT2D eigenvalue weighted by molar-refractivity contribution is 0.0996. The van der Waals surface area contributed by atoms with Gasteiger partial charge in [-0.3, -0.25) is 4.79 Å². The van der Waals surface area contributed by atoms with E-state index in [1.165, 1.54) is 11.0 Å². The number of para-hydroxylation sites is 2. The molecule has 0 saturated heterocycles. The number of nitrogens with two attached hydrogens (primary N) is 1. The highest BCUT2D eigenvalue weighted by molar-refractivity contribution is 6.01. The van der Waals surface area contributed by atoms with Crippen LogP contribution >= 0.6 is 0 Å². The van der Waals surface area contributed by atoms with Crippen molar-refractivity contribution in [1.82, 2.24) is 19.5 Å². The molecule has 1 fully saturated rings. The van der Waals surface area contributed by atoms with E-state index in [1.807, 2.05) is 19.1 Å². The average molecular weight is 381 g/mol. The summed E-state index contributed by atoms with van der Waals surface area (Å²) in [6.45, 7) is 2.34. The number of amides is 1. The van der Waals surface area contributed by atoms with Crippen molar-refractivity contribution in [2.45, 2.75) is 44.9 Å². The van der Waals surface area contributed by atoms with Gasteiger partial charge >= 0.3 is 5.69 Å². The lowest BCUT2D eigenvalue weighted by Gasteiger charge is -2.20. The fraction of sp³-hybridized carbons (Fsp3) is 0.400. The van der Waals surface area contributed by atoms with Crippen molar-refractivity contribution in [3.63, 3.8) is 0 Å². The van der Waals surface area contributed by atoms with Crippen molar-refractivity contribution in [3.8, 4) is 11.4 Å². The van der Waals surface area contributed by atoms with Crippen LogP contribution in [0.2, 0.25) is 0 Å². The molecule has 0 atom stereocenters. The summed E-state index contributed by atoms with van der Waals surface area (Å²) in [5, 5.41) is 0. The van der Waals surface area contributed by atoms with Crippen LogP contribution in [0.1, 0.15) is 61.3 Å². The van der Waals surface area contributed by atoms with Gasteiger partial charge in [0.1, 0.15) is 17.1 Å². The number of aromatic amines is 1. The van der Waals surface area contributed by atoms with E-state index in [1.54, 1.807) is 12.1 Å². The minimum absolute atomic E-state index is 0.0512. The summed E-state index contributed by atoms with van der Waals surface area (Å²) in [6.07, 6.45) is 5.33. The van der Waals surface area contributed by atoms with Crippen LogP contribution in [0, 0.1) is 0 Å². The third kappa shape index (κ3) is 3.15. The number of nitrogens with zero attached hydrogens (tertiary/aromatic N) is 3. The summed E-state index contributed by atoms with van der Waals surface area (Å²) in [6, 6.07) is 7.24. The molecule has 1 aliphatic carbocycles. The Bertz CT molecular complexity index is 1080. The molecule has 8 nitrogen and oxygen atoms in total. The number of hydrogen-bond acceptors (Lipinski definition) is 5. The number of carbonyl (C=O) groups excluding carboxylic acids is 1. The number of carbonyl (C=O) groups is 1. The topological polar surface area (TPSA) is 116 Å². The van der Waals surface area contributed by atoms with Gasteiger partial charge in [0.05, 0.1) is 12.3 Å². The molecule has 3 aromatic rings. The molecule has 2 heterocycles. The Balaban J connectivity index is 1.97. The predicted molar refractivity (Wildman–Crippen MR) is 105 cm³/mol. The lowest BCUT2D eigenvalue weighted by atomic mass is 9.88. The Kier molecular flexibility index (Phi) is 4.85. The summed E-state index contributed by atoms with van der Waals surface area (Å²) in [7, 11) is 0. The zero-order valence-corrected chi connectivity index (χ0v) is 15.8. The number of hydrogen-bond donors (Lipinski definition) is 2. The van der Waals surface area contributed by atoms with Crippen molar-refractivity contribution in [3.05, 3.63) is 46.3 Å². The Morgan fingerprint density at radius 2 is 2.00 bits per heavy atom. The molecule has 28 heavy (non-hydrogen) atoms. The third-order valence-electron chi connectivity index (χ3n) is 5.16. The molecule has 2 aromatic heterocycles. The first kappa shape index (κ1) is 18.2. The fourth-order valence-corrected chi connectivity index (χ4v) is 3.87. The Morgan fingerprint density at radius 1 is 1.25 bits per heavy atom. The molecule has 0 radical (unpaired) electrons. The second-order valence-electron chi connectivity index (χ2n) is 6.99. The Labute approximate surface area is 161 Å². The fourth-order valence-electron chi connectivity index (χ4n) is 3.87. The van der Waals surface area contributed by atoms with Gasteiger partial charge in [0.2, 0.25) is 0 Å². The molecule has 8 heteroatoms. The molecule has 1 aromatic carbocycles. The second kappa shape index (κ2) is 7.46. The van der Waals surface area contributed by atoms with Gasteiger partial charge in [-0.05, 0) is 31.9 Å². The molecule has 146 valence electrons. The van der Waals surface area contributed by atoms with Crippen molar-refractivity contribution in [2.75, 3.05) is 6.61 Å². The van der Waals surface area contributed by atoms with Gasteiger partial charge in [0.15, 0.2) is 11.3 Å². The van der Waals surface area contributed by atoms with Crippen LogP contribution in [-0.4, -0.2) is 32.0 Å². The van der Waals surface area contributed by atoms with Crippen molar-refractivity contribution >= 4 is 17.1 Å². The van der Waals surface area contributed by atoms with E-state index in [0.717, 1.165) is 25.7 Å². The van der Waals surface area contributed by atoms with Crippen LogP contribution in [0.4, 0.5) is 0 Å². The van der Waals surface area contributed by atoms with Crippen molar-refractivity contribution in [2.24, 2.45) is 5.73 Å². The minimum Gasteiger partial charge on any atom is -0.492 e. The molecule has 1 amide bonds. The number of ether oxygens (including phenoxy) is 1. The normalized spacial score (nSPS) is 15.0. The molecule has 4 rings (SSSR count). The zero-order chi connectivity index (χ0) is 19.7. The molecule has 0 bridgehead atoms. The summed E-state index contributed by atoms with van der Waals surface area (Å²) < 4.78 is 7.11. The molecular formula is C20H23N5O3. The number of nitrogens with one attached hydrogen (secondary N) is 1. The number of aromatic nitrogens is 4. The average Bonchev–Trinajstić information content (AvgIpc) is 3.04. The maximum Gasteiger partial charge on any atom is 0.332 e. The summed E-state index contributed by atoms with van der Waals surface area (Å²) >= 11 is 0. The largest absolute Gasteiger partial charge is 0.492 e. The SMILES string of the molecule is CCOc1ccccc1-n1c(=O)[nH]c2c(C(N)=O)nc(C3CCCCC3)nc21. The number of H-pyrrole nitrogens is 1. The highest BCUT2D eigenvalue weighted by Crippen LogP contribution is 2.32. The number of fused-ring (bicyclic) bond motifs is 1. The summed E-state index contributed by atoms with van der Waals surface area (Å²) in [5.74, 6) is 0.613. The summed E-state index contributed by atoms with van der Waals surface area (Å²) in [4.78, 5) is 36.7. The molecule has 3 N–H and O–H groups in total. The van der Waals surface area contributed by atoms with Crippen LogP contribution in [0.15, 0.2) is 29.1 Å². The van der Waals surface area contributed by atoms with E-state index in [9.17, 15) is 9.59 Å². The highest BCUT2D eigenvalue weighted by Gasteiger charge is 2.25. The van der Waals surface area contributed by atoms with Crippen LogP contribution in [0.25, 0.3) is 16.9 Å². The third-order valence-corrected chi connectivity index (χ3v) is 5.16. The summed E-state index contributed by atoms with van der Waals surface area (Å²) in [5.41, 5.74) is 6.36. The molecule has 1 saturated carbocycles. The van der Waals surface area contributed by atoms with Gasteiger partial charge in [0, 0.05) is 5.92 Å². The van der Waals surface area contributed by atoms with Crippen LogP contribution in [0.5, 0.6) is 5.75 Å². The number of primary amides is 1. The van der Waals surface area contributed by atoms with Gasteiger partial charge in [0.25, 0.3) is 5.91 Å². The van der Waals surface area contributed by atoms with Gasteiger partial charge in [-0.1, -0.05) is 31.4 Å². The lowest BCUT2D eigenvalue weighted by Crippen LogP contribution is -2.18. The van der Waals surface area contributed by atoms with Gasteiger partial charge < -0.3 is 15.5 Å². The van der Waals surface area contributed by atoms with Crippen LogP contribution < -0.4 is 16.2 Å². The minimum atomic E-state index is -0.684. The zero-order valence-electron chi connectivity index (χ0n) is 15.8. The van der Waals surface area contributed by atoms with E-state index in [0.29, 0.717) is 29.5 Å². The van der Waals surface area contributed by atoms with Gasteiger partial charge in [-0.15, -0.1) is 0 Å². The molecular weight excluding hydrogens is 358 g/mol.